The largest absolute Gasteiger partial charge is 0.351 e. The number of rotatable bonds is 2. The number of thiazole rings is 1. The normalized spacial score (nSPS) is 22.2. The lowest BCUT2D eigenvalue weighted by atomic mass is 9.77. The van der Waals surface area contributed by atoms with Gasteiger partial charge in [-0.1, -0.05) is 34.6 Å². The van der Waals surface area contributed by atoms with Crippen molar-refractivity contribution in [1.29, 1.82) is 0 Å². The molecule has 1 aromatic rings. The third-order valence-corrected chi connectivity index (χ3v) is 4.85. The number of anilines is 1. The molecule has 2 N–H and O–H groups in total. The van der Waals surface area contributed by atoms with Crippen LogP contribution >= 0.6 is 11.3 Å². The summed E-state index contributed by atoms with van der Waals surface area (Å²) in [5.74, 6) is 0. The van der Waals surface area contributed by atoms with Gasteiger partial charge < -0.3 is 10.6 Å². The molecule has 1 aromatic heterocycles. The number of aromatic nitrogens is 1. The molecule has 0 saturated carbocycles. The zero-order valence-electron chi connectivity index (χ0n) is 13.1. The van der Waals surface area contributed by atoms with E-state index >= 15 is 0 Å². The highest BCUT2D eigenvalue weighted by Gasteiger charge is 2.33. The zero-order chi connectivity index (χ0) is 14.4. The molecule has 0 spiro atoms. The standard InChI is InChI=1S/C15H27N3S/c1-14(2,3)9-18(6)13-17-11-8-15(4,5)7-10(16)12(11)19-13/h10H,7-9,16H2,1-6H3. The molecule has 1 aliphatic rings. The summed E-state index contributed by atoms with van der Waals surface area (Å²) in [6.45, 7) is 12.4. The smallest absolute Gasteiger partial charge is 0.185 e. The van der Waals surface area contributed by atoms with Gasteiger partial charge in [0.15, 0.2) is 5.13 Å². The molecule has 1 aliphatic carbocycles. The Labute approximate surface area is 121 Å². The molecule has 0 fully saturated rings. The van der Waals surface area contributed by atoms with Crippen LogP contribution in [0.25, 0.3) is 0 Å². The number of fused-ring (bicyclic) bond motifs is 1. The molecular formula is C15H27N3S. The molecule has 1 unspecified atom stereocenters. The summed E-state index contributed by atoms with van der Waals surface area (Å²) in [5.41, 5.74) is 8.10. The van der Waals surface area contributed by atoms with Gasteiger partial charge in [0.2, 0.25) is 0 Å². The van der Waals surface area contributed by atoms with Crippen molar-refractivity contribution >= 4 is 16.5 Å². The van der Waals surface area contributed by atoms with Gasteiger partial charge in [-0.3, -0.25) is 0 Å². The number of hydrogen-bond acceptors (Lipinski definition) is 4. The molecule has 0 saturated heterocycles. The monoisotopic (exact) mass is 281 g/mol. The topological polar surface area (TPSA) is 42.2 Å². The summed E-state index contributed by atoms with van der Waals surface area (Å²) >= 11 is 1.78. The van der Waals surface area contributed by atoms with Gasteiger partial charge in [-0.25, -0.2) is 4.98 Å². The van der Waals surface area contributed by atoms with Gasteiger partial charge in [0.05, 0.1) is 5.69 Å². The minimum atomic E-state index is 0.160. The van der Waals surface area contributed by atoms with E-state index in [-0.39, 0.29) is 16.9 Å². The number of hydrogen-bond donors (Lipinski definition) is 1. The second-order valence-electron chi connectivity index (χ2n) is 7.88. The molecule has 108 valence electrons. The van der Waals surface area contributed by atoms with Gasteiger partial charge in [-0.2, -0.15) is 0 Å². The fraction of sp³-hybridized carbons (Fsp3) is 0.800. The predicted molar refractivity (Wildman–Crippen MR) is 83.9 cm³/mol. The van der Waals surface area contributed by atoms with E-state index in [4.69, 9.17) is 10.7 Å². The molecule has 3 nitrogen and oxygen atoms in total. The lowest BCUT2D eigenvalue weighted by molar-refractivity contribution is 0.282. The van der Waals surface area contributed by atoms with E-state index in [1.807, 2.05) is 0 Å². The Morgan fingerprint density at radius 1 is 1.42 bits per heavy atom. The summed E-state index contributed by atoms with van der Waals surface area (Å²) in [6, 6.07) is 0.160. The maximum atomic E-state index is 6.31. The average Bonchev–Trinajstić information content (AvgIpc) is 2.56. The molecular weight excluding hydrogens is 254 g/mol. The fourth-order valence-corrected chi connectivity index (χ4v) is 3.97. The summed E-state index contributed by atoms with van der Waals surface area (Å²) in [7, 11) is 2.13. The third kappa shape index (κ3) is 3.48. The van der Waals surface area contributed by atoms with Gasteiger partial charge in [0, 0.05) is 24.5 Å². The van der Waals surface area contributed by atoms with Crippen LogP contribution in [-0.4, -0.2) is 18.6 Å². The van der Waals surface area contributed by atoms with Crippen molar-refractivity contribution in [3.8, 4) is 0 Å². The third-order valence-electron chi connectivity index (χ3n) is 3.51. The molecule has 1 heterocycles. The first-order valence-corrected chi connectivity index (χ1v) is 7.85. The van der Waals surface area contributed by atoms with E-state index in [1.165, 1.54) is 10.6 Å². The first-order chi connectivity index (χ1) is 8.57. The second kappa shape index (κ2) is 4.74. The summed E-state index contributed by atoms with van der Waals surface area (Å²) in [4.78, 5) is 8.41. The number of nitrogens with two attached hydrogens (primary N) is 1. The van der Waals surface area contributed by atoms with Gasteiger partial charge in [0.25, 0.3) is 0 Å². The first-order valence-electron chi connectivity index (χ1n) is 7.04. The highest BCUT2D eigenvalue weighted by Crippen LogP contribution is 2.43. The van der Waals surface area contributed by atoms with E-state index in [1.54, 1.807) is 11.3 Å². The predicted octanol–water partition coefficient (Wildman–Crippen LogP) is 3.60. The van der Waals surface area contributed by atoms with Crippen molar-refractivity contribution in [2.75, 3.05) is 18.5 Å². The second-order valence-corrected chi connectivity index (χ2v) is 8.88. The maximum Gasteiger partial charge on any atom is 0.185 e. The van der Waals surface area contributed by atoms with Gasteiger partial charge in [0.1, 0.15) is 0 Å². The van der Waals surface area contributed by atoms with Gasteiger partial charge in [-0.05, 0) is 23.7 Å². The molecule has 19 heavy (non-hydrogen) atoms. The van der Waals surface area contributed by atoms with Gasteiger partial charge in [-0.15, -0.1) is 11.3 Å². The molecule has 0 aliphatic heterocycles. The molecule has 0 aromatic carbocycles. The Bertz CT molecular complexity index is 456. The average molecular weight is 281 g/mol. The van der Waals surface area contributed by atoms with Crippen molar-refractivity contribution in [2.24, 2.45) is 16.6 Å². The summed E-state index contributed by atoms with van der Waals surface area (Å²) in [5, 5.41) is 1.12. The molecule has 0 amide bonds. The van der Waals surface area contributed by atoms with Gasteiger partial charge >= 0.3 is 0 Å². The van der Waals surface area contributed by atoms with Crippen LogP contribution < -0.4 is 10.6 Å². The Hall–Kier alpha value is -0.610. The lowest BCUT2D eigenvalue weighted by Crippen LogP contribution is -2.29. The molecule has 0 bridgehead atoms. The molecule has 2 rings (SSSR count). The SMILES string of the molecule is CN(CC(C)(C)C)c1nc2c(s1)C(N)CC(C)(C)C2. The summed E-state index contributed by atoms with van der Waals surface area (Å²) in [6.07, 6.45) is 2.11. The maximum absolute atomic E-state index is 6.31. The van der Waals surface area contributed by atoms with Crippen LogP contribution in [-0.2, 0) is 6.42 Å². The van der Waals surface area contributed by atoms with E-state index in [0.29, 0.717) is 0 Å². The van der Waals surface area contributed by atoms with E-state index in [9.17, 15) is 0 Å². The van der Waals surface area contributed by atoms with Crippen LogP contribution in [0.5, 0.6) is 0 Å². The van der Waals surface area contributed by atoms with Crippen molar-refractivity contribution < 1.29 is 0 Å². The first kappa shape index (κ1) is 14.8. The Morgan fingerprint density at radius 3 is 2.63 bits per heavy atom. The van der Waals surface area contributed by atoms with E-state index in [0.717, 1.165) is 24.5 Å². The zero-order valence-corrected chi connectivity index (χ0v) is 13.9. The molecule has 1 atom stereocenters. The van der Waals surface area contributed by atoms with Crippen LogP contribution in [0, 0.1) is 10.8 Å². The Morgan fingerprint density at radius 2 is 2.05 bits per heavy atom. The Balaban J connectivity index is 2.23. The van der Waals surface area contributed by atoms with E-state index in [2.05, 4.69) is 46.6 Å². The molecule has 0 radical (unpaired) electrons. The van der Waals surface area contributed by atoms with Crippen LogP contribution in [0.4, 0.5) is 5.13 Å². The van der Waals surface area contributed by atoms with Crippen LogP contribution in [0.3, 0.4) is 0 Å². The van der Waals surface area contributed by atoms with Crippen molar-refractivity contribution in [3.63, 3.8) is 0 Å². The lowest BCUT2D eigenvalue weighted by Gasteiger charge is -2.32. The quantitative estimate of drug-likeness (QED) is 0.900. The van der Waals surface area contributed by atoms with Crippen molar-refractivity contribution in [2.45, 2.75) is 53.5 Å². The van der Waals surface area contributed by atoms with Crippen LogP contribution in [0.15, 0.2) is 0 Å². The van der Waals surface area contributed by atoms with Crippen molar-refractivity contribution in [3.05, 3.63) is 10.6 Å². The minimum Gasteiger partial charge on any atom is -0.351 e. The van der Waals surface area contributed by atoms with E-state index < -0.39 is 0 Å². The van der Waals surface area contributed by atoms with Crippen LogP contribution in [0.1, 0.15) is 57.7 Å². The highest BCUT2D eigenvalue weighted by molar-refractivity contribution is 7.15. The summed E-state index contributed by atoms with van der Waals surface area (Å²) < 4.78 is 0. The Kier molecular flexibility index (Phi) is 3.69. The highest BCUT2D eigenvalue weighted by atomic mass is 32.1. The minimum absolute atomic E-state index is 0.160. The number of nitrogens with zero attached hydrogens (tertiary/aromatic N) is 2. The van der Waals surface area contributed by atoms with Crippen LogP contribution in [0.2, 0.25) is 0 Å². The fourth-order valence-electron chi connectivity index (χ4n) is 2.92. The van der Waals surface area contributed by atoms with Crippen molar-refractivity contribution in [1.82, 2.24) is 4.98 Å². The molecule has 4 heteroatoms.